The summed E-state index contributed by atoms with van der Waals surface area (Å²) in [4.78, 5) is 0.0329. The van der Waals surface area contributed by atoms with E-state index in [-0.39, 0.29) is 4.83 Å². The first-order valence-corrected chi connectivity index (χ1v) is 8.22. The van der Waals surface area contributed by atoms with Gasteiger partial charge in [0.1, 0.15) is 0 Å². The molecule has 1 unspecified atom stereocenters. The molecular weight excluding hydrogens is 411 g/mol. The molecule has 0 nitrogen and oxygen atoms in total. The number of alkyl halides is 1. The van der Waals surface area contributed by atoms with Gasteiger partial charge in [-0.05, 0) is 60.4 Å². The van der Waals surface area contributed by atoms with E-state index in [4.69, 9.17) is 23.2 Å². The van der Waals surface area contributed by atoms with E-state index in [1.165, 1.54) is 16.7 Å². The molecule has 0 aliphatic carbocycles. The lowest BCUT2D eigenvalue weighted by Crippen LogP contribution is -1.98. The molecular formula is C15H12Br2Cl2. The standard InChI is InChI=1S/C15H12Br2Cl2/c1-8-6-13(16)9(2)5-11(8)15(17)12-7-10(18)3-4-14(12)19/h3-7,15H,1-2H3. The second kappa shape index (κ2) is 6.17. The molecule has 2 aromatic rings. The highest BCUT2D eigenvalue weighted by Gasteiger charge is 2.17. The van der Waals surface area contributed by atoms with Crippen LogP contribution in [0.5, 0.6) is 0 Å². The number of rotatable bonds is 2. The molecule has 0 amide bonds. The van der Waals surface area contributed by atoms with E-state index in [1.807, 2.05) is 12.1 Å². The fraction of sp³-hybridized carbons (Fsp3) is 0.200. The van der Waals surface area contributed by atoms with Crippen molar-refractivity contribution in [1.82, 2.24) is 0 Å². The van der Waals surface area contributed by atoms with Gasteiger partial charge in [0.05, 0.1) is 4.83 Å². The van der Waals surface area contributed by atoms with Crippen molar-refractivity contribution in [1.29, 1.82) is 0 Å². The quantitative estimate of drug-likeness (QED) is 0.464. The summed E-state index contributed by atoms with van der Waals surface area (Å²) < 4.78 is 1.12. The maximum Gasteiger partial charge on any atom is 0.0662 e. The molecule has 0 aromatic heterocycles. The van der Waals surface area contributed by atoms with E-state index in [0.717, 1.165) is 10.0 Å². The van der Waals surface area contributed by atoms with Crippen molar-refractivity contribution in [3.05, 3.63) is 67.1 Å². The number of benzene rings is 2. The van der Waals surface area contributed by atoms with Crippen molar-refractivity contribution in [2.24, 2.45) is 0 Å². The van der Waals surface area contributed by atoms with Gasteiger partial charge in [-0.2, -0.15) is 0 Å². The largest absolute Gasteiger partial charge is 0.0843 e. The van der Waals surface area contributed by atoms with Gasteiger partial charge >= 0.3 is 0 Å². The smallest absolute Gasteiger partial charge is 0.0662 e. The Balaban J connectivity index is 2.52. The number of aryl methyl sites for hydroxylation is 2. The monoisotopic (exact) mass is 420 g/mol. The van der Waals surface area contributed by atoms with E-state index in [9.17, 15) is 0 Å². The normalized spacial score (nSPS) is 12.5. The van der Waals surface area contributed by atoms with Crippen molar-refractivity contribution in [2.75, 3.05) is 0 Å². The van der Waals surface area contributed by atoms with E-state index < -0.39 is 0 Å². The molecule has 0 spiro atoms. The molecule has 2 rings (SSSR count). The Kier molecular flexibility index (Phi) is 4.99. The molecule has 0 radical (unpaired) electrons. The van der Waals surface area contributed by atoms with E-state index in [0.29, 0.717) is 10.0 Å². The van der Waals surface area contributed by atoms with Gasteiger partial charge in [-0.15, -0.1) is 0 Å². The minimum Gasteiger partial charge on any atom is -0.0843 e. The lowest BCUT2D eigenvalue weighted by Gasteiger charge is -2.17. The van der Waals surface area contributed by atoms with E-state index >= 15 is 0 Å². The van der Waals surface area contributed by atoms with Crippen LogP contribution >= 0.6 is 55.1 Å². The Morgan fingerprint density at radius 3 is 2.32 bits per heavy atom. The van der Waals surface area contributed by atoms with Gasteiger partial charge in [-0.1, -0.05) is 61.1 Å². The molecule has 0 saturated heterocycles. The SMILES string of the molecule is Cc1cc(C(Br)c2cc(Cl)ccc2Cl)c(C)cc1Br. The molecule has 1 atom stereocenters. The molecule has 19 heavy (non-hydrogen) atoms. The van der Waals surface area contributed by atoms with Crippen molar-refractivity contribution in [3.8, 4) is 0 Å². The summed E-state index contributed by atoms with van der Waals surface area (Å²) in [5.74, 6) is 0. The van der Waals surface area contributed by atoms with Gasteiger partial charge in [0.2, 0.25) is 0 Å². The molecule has 4 heteroatoms. The first-order chi connectivity index (χ1) is 8.90. The second-order valence-electron chi connectivity index (χ2n) is 4.49. The van der Waals surface area contributed by atoms with Crippen LogP contribution in [0, 0.1) is 13.8 Å². The molecule has 0 aliphatic rings. The predicted octanol–water partition coefficient (Wildman–Crippen LogP) is 6.86. The topological polar surface area (TPSA) is 0 Å². The van der Waals surface area contributed by atoms with Gasteiger partial charge in [0.25, 0.3) is 0 Å². The van der Waals surface area contributed by atoms with Crippen molar-refractivity contribution >= 4 is 55.1 Å². The Morgan fingerprint density at radius 2 is 1.63 bits per heavy atom. The summed E-state index contributed by atoms with van der Waals surface area (Å²) in [7, 11) is 0. The Labute approximate surface area is 140 Å². The summed E-state index contributed by atoms with van der Waals surface area (Å²) in [5, 5.41) is 1.40. The third-order valence-electron chi connectivity index (χ3n) is 3.05. The highest BCUT2D eigenvalue weighted by Crippen LogP contribution is 2.39. The molecule has 100 valence electrons. The molecule has 0 heterocycles. The molecule has 2 aromatic carbocycles. The highest BCUT2D eigenvalue weighted by atomic mass is 79.9. The summed E-state index contributed by atoms with van der Waals surface area (Å²) in [5.41, 5.74) is 4.59. The number of hydrogen-bond donors (Lipinski definition) is 0. The molecule has 0 aliphatic heterocycles. The van der Waals surface area contributed by atoms with Crippen LogP contribution in [-0.4, -0.2) is 0 Å². The summed E-state index contributed by atoms with van der Waals surface area (Å²) >= 11 is 19.6. The third kappa shape index (κ3) is 3.36. The number of hydrogen-bond acceptors (Lipinski definition) is 0. The van der Waals surface area contributed by atoms with Crippen LogP contribution in [0.15, 0.2) is 34.8 Å². The van der Waals surface area contributed by atoms with Gasteiger partial charge in [0, 0.05) is 14.5 Å². The predicted molar refractivity (Wildman–Crippen MR) is 90.8 cm³/mol. The van der Waals surface area contributed by atoms with Crippen LogP contribution in [0.2, 0.25) is 10.0 Å². The zero-order valence-electron chi connectivity index (χ0n) is 10.5. The van der Waals surface area contributed by atoms with Crippen LogP contribution in [0.3, 0.4) is 0 Å². The minimum atomic E-state index is 0.0329. The zero-order chi connectivity index (χ0) is 14.2. The Hall–Kier alpha value is -0.0200. The summed E-state index contributed by atoms with van der Waals surface area (Å²) in [6, 6.07) is 9.81. The van der Waals surface area contributed by atoms with Gasteiger partial charge in [-0.25, -0.2) is 0 Å². The molecule has 0 saturated carbocycles. The zero-order valence-corrected chi connectivity index (χ0v) is 15.2. The van der Waals surface area contributed by atoms with E-state index in [1.54, 1.807) is 6.07 Å². The van der Waals surface area contributed by atoms with Crippen LogP contribution in [0.4, 0.5) is 0 Å². The Morgan fingerprint density at radius 1 is 0.947 bits per heavy atom. The van der Waals surface area contributed by atoms with Crippen LogP contribution < -0.4 is 0 Å². The van der Waals surface area contributed by atoms with Gasteiger partial charge in [-0.3, -0.25) is 0 Å². The number of halogens is 4. The van der Waals surface area contributed by atoms with Crippen molar-refractivity contribution < 1.29 is 0 Å². The fourth-order valence-electron chi connectivity index (χ4n) is 1.95. The summed E-state index contributed by atoms with van der Waals surface area (Å²) in [6.07, 6.45) is 0. The van der Waals surface area contributed by atoms with Crippen molar-refractivity contribution in [3.63, 3.8) is 0 Å². The lowest BCUT2D eigenvalue weighted by atomic mass is 9.98. The van der Waals surface area contributed by atoms with Gasteiger partial charge in [0.15, 0.2) is 0 Å². The third-order valence-corrected chi connectivity index (χ3v) is 5.47. The minimum absolute atomic E-state index is 0.0329. The average Bonchev–Trinajstić information content (AvgIpc) is 2.36. The van der Waals surface area contributed by atoms with Crippen LogP contribution in [0.25, 0.3) is 0 Å². The lowest BCUT2D eigenvalue weighted by molar-refractivity contribution is 1.13. The van der Waals surface area contributed by atoms with Crippen LogP contribution in [-0.2, 0) is 0 Å². The first kappa shape index (κ1) is 15.4. The molecule has 0 bridgehead atoms. The second-order valence-corrected chi connectivity index (χ2v) is 7.10. The Bertz CT molecular complexity index is 624. The maximum atomic E-state index is 6.27. The average molecular weight is 423 g/mol. The maximum absolute atomic E-state index is 6.27. The highest BCUT2D eigenvalue weighted by molar-refractivity contribution is 9.10. The van der Waals surface area contributed by atoms with Crippen molar-refractivity contribution in [2.45, 2.75) is 18.7 Å². The van der Waals surface area contributed by atoms with E-state index in [2.05, 4.69) is 57.8 Å². The molecule has 0 N–H and O–H groups in total. The van der Waals surface area contributed by atoms with Gasteiger partial charge < -0.3 is 0 Å². The van der Waals surface area contributed by atoms with Crippen LogP contribution in [0.1, 0.15) is 27.1 Å². The fourth-order valence-corrected chi connectivity index (χ4v) is 3.82. The summed E-state index contributed by atoms with van der Waals surface area (Å²) in [6.45, 7) is 4.17. The molecule has 0 fully saturated rings. The first-order valence-electron chi connectivity index (χ1n) is 5.76.